The highest BCUT2D eigenvalue weighted by Crippen LogP contribution is 2.25. The highest BCUT2D eigenvalue weighted by Gasteiger charge is 2.00. The number of nitrogens with one attached hydrogen (secondary N) is 1. The molecule has 2 nitrogen and oxygen atoms in total. The van der Waals surface area contributed by atoms with Crippen LogP contribution in [-0.4, -0.2) is 10.1 Å². The van der Waals surface area contributed by atoms with Crippen molar-refractivity contribution in [1.29, 1.82) is 0 Å². The maximum atomic E-state index is 9.24. The van der Waals surface area contributed by atoms with Crippen molar-refractivity contribution in [3.05, 3.63) is 54.7 Å². The van der Waals surface area contributed by atoms with Crippen LogP contribution in [-0.2, 0) is 0 Å². The van der Waals surface area contributed by atoms with Crippen molar-refractivity contribution in [3.8, 4) is 16.9 Å². The zero-order chi connectivity index (χ0) is 11.0. The molecule has 86 valence electrons. The first-order chi connectivity index (χ1) is 7.83. The number of rotatable bonds is 1. The maximum Gasteiger partial charge on any atom is 0.115 e. The van der Waals surface area contributed by atoms with Crippen molar-refractivity contribution in [2.75, 3.05) is 0 Å². The fraction of sp³-hybridized carbons (Fsp3) is 0. The molecule has 0 radical (unpaired) electrons. The molecule has 0 aliphatic rings. The second-order valence-corrected chi connectivity index (χ2v) is 3.83. The van der Waals surface area contributed by atoms with Crippen molar-refractivity contribution in [1.82, 2.24) is 4.98 Å². The molecule has 0 aliphatic carbocycles. The zero-order valence-electron chi connectivity index (χ0n) is 9.05. The van der Waals surface area contributed by atoms with Gasteiger partial charge in [-0.3, -0.25) is 0 Å². The van der Waals surface area contributed by atoms with Crippen LogP contribution in [0.3, 0.4) is 0 Å². The van der Waals surface area contributed by atoms with E-state index in [0.717, 1.165) is 16.6 Å². The summed E-state index contributed by atoms with van der Waals surface area (Å²) in [5.74, 6) is 0.296. The maximum absolute atomic E-state index is 9.24. The number of halogens is 1. The average Bonchev–Trinajstić information content (AvgIpc) is 2.77. The smallest absolute Gasteiger partial charge is 0.115 e. The number of phenolic OH excluding ortho intramolecular Hbond substituents is 1. The second kappa shape index (κ2) is 4.63. The minimum absolute atomic E-state index is 0. The molecule has 2 aromatic carbocycles. The summed E-state index contributed by atoms with van der Waals surface area (Å²) in [6, 6.07) is 15.6. The van der Waals surface area contributed by atoms with Crippen molar-refractivity contribution in [3.63, 3.8) is 0 Å². The summed E-state index contributed by atoms with van der Waals surface area (Å²) in [4.78, 5) is 3.19. The van der Waals surface area contributed by atoms with Gasteiger partial charge >= 0.3 is 0 Å². The van der Waals surface area contributed by atoms with E-state index in [0.29, 0.717) is 5.75 Å². The number of H-pyrrole nitrogens is 1. The van der Waals surface area contributed by atoms with Gasteiger partial charge in [0, 0.05) is 11.7 Å². The lowest BCUT2D eigenvalue weighted by molar-refractivity contribution is 0.475. The molecule has 0 amide bonds. The number of benzene rings is 2. The molecular weight excluding hydrogens is 278 g/mol. The standard InChI is InChI=1S/C14H11NO.BrH/c16-13-5-3-10(4-6-13)12-2-1-11-7-8-15-14(11)9-12;/h1-9,15-16H;1H. The summed E-state index contributed by atoms with van der Waals surface area (Å²) in [7, 11) is 0. The van der Waals surface area contributed by atoms with E-state index in [9.17, 15) is 5.11 Å². The zero-order valence-corrected chi connectivity index (χ0v) is 10.8. The fourth-order valence-corrected chi connectivity index (χ4v) is 1.88. The second-order valence-electron chi connectivity index (χ2n) is 3.83. The number of aromatic nitrogens is 1. The summed E-state index contributed by atoms with van der Waals surface area (Å²) < 4.78 is 0. The summed E-state index contributed by atoms with van der Waals surface area (Å²) in [5, 5.41) is 10.4. The van der Waals surface area contributed by atoms with Gasteiger partial charge in [-0.2, -0.15) is 0 Å². The minimum atomic E-state index is 0. The normalized spacial score (nSPS) is 10.1. The Balaban J connectivity index is 0.00000108. The van der Waals surface area contributed by atoms with E-state index in [-0.39, 0.29) is 17.0 Å². The van der Waals surface area contributed by atoms with Gasteiger partial charge in [-0.25, -0.2) is 0 Å². The molecule has 3 heteroatoms. The van der Waals surface area contributed by atoms with E-state index >= 15 is 0 Å². The Bertz CT molecular complexity index is 628. The molecular formula is C14H12BrNO. The van der Waals surface area contributed by atoms with Crippen molar-refractivity contribution in [2.45, 2.75) is 0 Å². The number of aromatic hydroxyl groups is 1. The Morgan fingerprint density at radius 3 is 2.29 bits per heavy atom. The van der Waals surface area contributed by atoms with E-state index in [2.05, 4.69) is 29.2 Å². The van der Waals surface area contributed by atoms with E-state index in [1.54, 1.807) is 12.1 Å². The molecule has 1 heterocycles. The molecule has 0 saturated heterocycles. The van der Waals surface area contributed by atoms with Gasteiger partial charge in [0.1, 0.15) is 5.75 Å². The Hall–Kier alpha value is -1.74. The van der Waals surface area contributed by atoms with Gasteiger partial charge in [-0.1, -0.05) is 24.3 Å². The summed E-state index contributed by atoms with van der Waals surface area (Å²) in [6.45, 7) is 0. The van der Waals surface area contributed by atoms with Gasteiger partial charge in [0.25, 0.3) is 0 Å². The predicted octanol–water partition coefficient (Wildman–Crippen LogP) is 4.12. The third-order valence-electron chi connectivity index (χ3n) is 2.76. The SMILES string of the molecule is Br.Oc1ccc(-c2ccc3cc[nH]c3c2)cc1. The largest absolute Gasteiger partial charge is 0.508 e. The van der Waals surface area contributed by atoms with Gasteiger partial charge < -0.3 is 10.1 Å². The highest BCUT2D eigenvalue weighted by molar-refractivity contribution is 8.93. The van der Waals surface area contributed by atoms with Gasteiger partial charge in [-0.05, 0) is 40.8 Å². The van der Waals surface area contributed by atoms with Crippen LogP contribution in [0, 0.1) is 0 Å². The number of fused-ring (bicyclic) bond motifs is 1. The van der Waals surface area contributed by atoms with E-state index in [1.807, 2.05) is 18.3 Å². The molecule has 0 atom stereocenters. The Kier molecular flexibility index (Phi) is 3.20. The first kappa shape index (κ1) is 11.7. The summed E-state index contributed by atoms with van der Waals surface area (Å²) >= 11 is 0. The molecule has 3 rings (SSSR count). The van der Waals surface area contributed by atoms with Crippen LogP contribution in [0.15, 0.2) is 54.7 Å². The fourth-order valence-electron chi connectivity index (χ4n) is 1.88. The van der Waals surface area contributed by atoms with Crippen molar-refractivity contribution in [2.24, 2.45) is 0 Å². The van der Waals surface area contributed by atoms with Crippen LogP contribution in [0.2, 0.25) is 0 Å². The van der Waals surface area contributed by atoms with Crippen molar-refractivity contribution < 1.29 is 5.11 Å². The van der Waals surface area contributed by atoms with Crippen LogP contribution in [0.5, 0.6) is 5.75 Å². The van der Waals surface area contributed by atoms with Crippen LogP contribution in [0.1, 0.15) is 0 Å². The van der Waals surface area contributed by atoms with E-state index in [1.165, 1.54) is 5.39 Å². The van der Waals surface area contributed by atoms with E-state index < -0.39 is 0 Å². The molecule has 1 aromatic heterocycles. The molecule has 0 aliphatic heterocycles. The monoisotopic (exact) mass is 289 g/mol. The number of hydrogen-bond donors (Lipinski definition) is 2. The van der Waals surface area contributed by atoms with Crippen LogP contribution >= 0.6 is 17.0 Å². The Morgan fingerprint density at radius 2 is 1.53 bits per heavy atom. The topological polar surface area (TPSA) is 36.0 Å². The third-order valence-corrected chi connectivity index (χ3v) is 2.76. The average molecular weight is 290 g/mol. The van der Waals surface area contributed by atoms with Gasteiger partial charge in [0.15, 0.2) is 0 Å². The first-order valence-corrected chi connectivity index (χ1v) is 5.19. The Morgan fingerprint density at radius 1 is 0.824 bits per heavy atom. The van der Waals surface area contributed by atoms with Gasteiger partial charge in [-0.15, -0.1) is 17.0 Å². The lowest BCUT2D eigenvalue weighted by Gasteiger charge is -2.02. The highest BCUT2D eigenvalue weighted by atomic mass is 79.9. The van der Waals surface area contributed by atoms with Crippen molar-refractivity contribution >= 4 is 27.9 Å². The Labute approximate surface area is 110 Å². The molecule has 0 fully saturated rings. The number of aromatic amines is 1. The molecule has 3 aromatic rings. The molecule has 17 heavy (non-hydrogen) atoms. The molecule has 2 N–H and O–H groups in total. The molecule has 0 spiro atoms. The van der Waals surface area contributed by atoms with Crippen LogP contribution < -0.4 is 0 Å². The summed E-state index contributed by atoms with van der Waals surface area (Å²) in [5.41, 5.74) is 3.38. The summed E-state index contributed by atoms with van der Waals surface area (Å²) in [6.07, 6.45) is 1.94. The minimum Gasteiger partial charge on any atom is -0.508 e. The van der Waals surface area contributed by atoms with Gasteiger partial charge in [0.05, 0.1) is 0 Å². The first-order valence-electron chi connectivity index (χ1n) is 5.19. The lowest BCUT2D eigenvalue weighted by atomic mass is 10.0. The third kappa shape index (κ3) is 2.19. The van der Waals surface area contributed by atoms with Gasteiger partial charge in [0.2, 0.25) is 0 Å². The molecule has 0 unspecified atom stereocenters. The van der Waals surface area contributed by atoms with E-state index in [4.69, 9.17) is 0 Å². The van der Waals surface area contributed by atoms with Crippen LogP contribution in [0.25, 0.3) is 22.0 Å². The number of phenols is 1. The molecule has 0 bridgehead atoms. The quantitative estimate of drug-likeness (QED) is 0.695. The predicted molar refractivity (Wildman–Crippen MR) is 75.7 cm³/mol. The lowest BCUT2D eigenvalue weighted by Crippen LogP contribution is -1.77. The van der Waals surface area contributed by atoms with Crippen LogP contribution in [0.4, 0.5) is 0 Å². The number of hydrogen-bond acceptors (Lipinski definition) is 1. The molecule has 0 saturated carbocycles.